The molecule has 302 valence electrons. The van der Waals surface area contributed by atoms with Gasteiger partial charge in [0.1, 0.15) is 28.8 Å². The molecule has 4 aliphatic rings. The number of benzene rings is 2. The highest BCUT2D eigenvalue weighted by atomic mass is 35.5. The Morgan fingerprint density at radius 1 is 1.07 bits per heavy atom. The van der Waals surface area contributed by atoms with Crippen molar-refractivity contribution >= 4 is 78.1 Å². The van der Waals surface area contributed by atoms with Crippen molar-refractivity contribution in [3.8, 4) is 5.88 Å². The second kappa shape index (κ2) is 14.6. The first-order chi connectivity index (χ1) is 27.1. The molecule has 0 spiro atoms. The van der Waals surface area contributed by atoms with E-state index in [0.29, 0.717) is 58.4 Å². The lowest BCUT2D eigenvalue weighted by Gasteiger charge is -2.36. The highest BCUT2D eigenvalue weighted by molar-refractivity contribution is 7.91. The maximum Gasteiger partial charge on any atom is 0.259 e. The van der Waals surface area contributed by atoms with Crippen LogP contribution in [0.5, 0.6) is 5.88 Å². The van der Waals surface area contributed by atoms with Crippen LogP contribution in [-0.2, 0) is 29.2 Å². The molecule has 0 radical (unpaired) electrons. The molecular weight excluding hydrogens is 770 g/mol. The lowest BCUT2D eigenvalue weighted by atomic mass is 9.77. The summed E-state index contributed by atoms with van der Waals surface area (Å²) in [5.74, 6) is -2.95. The molecule has 2 aliphatic carbocycles. The minimum absolute atomic E-state index is 0.00639. The van der Waals surface area contributed by atoms with Gasteiger partial charge in [-0.1, -0.05) is 56.6 Å². The molecule has 4 aromatic rings. The number of amides is 4. The summed E-state index contributed by atoms with van der Waals surface area (Å²) in [6.45, 7) is 10.8. The van der Waals surface area contributed by atoms with Crippen molar-refractivity contribution in [2.75, 3.05) is 19.6 Å². The van der Waals surface area contributed by atoms with Gasteiger partial charge in [-0.15, -0.1) is 6.58 Å². The number of furan rings is 1. The van der Waals surface area contributed by atoms with Gasteiger partial charge in [0.25, 0.3) is 5.91 Å². The van der Waals surface area contributed by atoms with E-state index in [1.54, 1.807) is 18.2 Å². The van der Waals surface area contributed by atoms with Crippen LogP contribution in [-0.4, -0.2) is 89.4 Å². The van der Waals surface area contributed by atoms with Crippen molar-refractivity contribution in [1.82, 2.24) is 24.8 Å². The Balaban J connectivity index is 1.13. The summed E-state index contributed by atoms with van der Waals surface area (Å²) in [5, 5.41) is 4.85. The molecule has 57 heavy (non-hydrogen) atoms. The van der Waals surface area contributed by atoms with E-state index in [0.717, 1.165) is 24.6 Å². The molecule has 2 saturated heterocycles. The first kappa shape index (κ1) is 39.2. The monoisotopic (exact) mass is 817 g/mol. The van der Waals surface area contributed by atoms with E-state index >= 15 is 0 Å². The van der Waals surface area contributed by atoms with Gasteiger partial charge in [-0.3, -0.25) is 23.9 Å². The van der Waals surface area contributed by atoms with Crippen molar-refractivity contribution < 1.29 is 36.7 Å². The van der Waals surface area contributed by atoms with Crippen molar-refractivity contribution in [2.45, 2.75) is 95.1 Å². The highest BCUT2D eigenvalue weighted by Gasteiger charge is 2.62. The number of carbonyl (C=O) groups is 4. The van der Waals surface area contributed by atoms with Crippen LogP contribution in [0, 0.1) is 17.3 Å². The van der Waals surface area contributed by atoms with Crippen LogP contribution >= 0.6 is 11.6 Å². The molecule has 2 aromatic heterocycles. The van der Waals surface area contributed by atoms with Gasteiger partial charge in [-0.25, -0.2) is 13.4 Å². The second-order valence-electron chi connectivity index (χ2n) is 17.1. The molecule has 2 saturated carbocycles. The number of pyridine rings is 1. The topological polar surface area (TPSA) is 168 Å². The maximum absolute atomic E-state index is 14.9. The van der Waals surface area contributed by atoms with Crippen LogP contribution in [0.1, 0.15) is 72.1 Å². The van der Waals surface area contributed by atoms with Crippen LogP contribution in [0.25, 0.3) is 32.8 Å². The Bertz CT molecular complexity index is 2420. The van der Waals surface area contributed by atoms with E-state index < -0.39 is 62.0 Å². The summed E-state index contributed by atoms with van der Waals surface area (Å²) in [6, 6.07) is 11.7. The number of carbonyl (C=O) groups excluding carboxylic acids is 4. The summed E-state index contributed by atoms with van der Waals surface area (Å²) in [5.41, 5.74) is -0.488. The van der Waals surface area contributed by atoms with Crippen LogP contribution in [0.4, 0.5) is 0 Å². The van der Waals surface area contributed by atoms with Crippen molar-refractivity contribution in [2.24, 2.45) is 17.3 Å². The van der Waals surface area contributed by atoms with E-state index in [-0.39, 0.29) is 43.5 Å². The minimum Gasteiger partial charge on any atom is -0.472 e. The highest BCUT2D eigenvalue weighted by Crippen LogP contribution is 2.46. The smallest absolute Gasteiger partial charge is 0.259 e. The summed E-state index contributed by atoms with van der Waals surface area (Å²) in [7, 11) is -3.90. The van der Waals surface area contributed by atoms with Gasteiger partial charge in [-0.05, 0) is 68.2 Å². The molecule has 8 rings (SSSR count). The number of halogens is 1. The molecule has 13 nitrogen and oxygen atoms in total. The molecule has 5 unspecified atom stereocenters. The summed E-state index contributed by atoms with van der Waals surface area (Å²) >= 11 is 6.37. The molecule has 5 atom stereocenters. The van der Waals surface area contributed by atoms with E-state index in [4.69, 9.17) is 25.7 Å². The third-order valence-corrected chi connectivity index (χ3v) is 14.1. The molecule has 2 N–H and O–H groups in total. The zero-order chi connectivity index (χ0) is 40.4. The van der Waals surface area contributed by atoms with Gasteiger partial charge in [-0.2, -0.15) is 0 Å². The Kier molecular flexibility index (Phi) is 10.0. The number of likely N-dealkylation sites (tertiary alicyclic amines) is 2. The second-order valence-corrected chi connectivity index (χ2v) is 19.5. The van der Waals surface area contributed by atoms with Gasteiger partial charge >= 0.3 is 0 Å². The summed E-state index contributed by atoms with van der Waals surface area (Å²) in [4.78, 5) is 64.9. The molecule has 2 aromatic carbocycles. The van der Waals surface area contributed by atoms with Gasteiger partial charge in [0.15, 0.2) is 5.58 Å². The van der Waals surface area contributed by atoms with Crippen LogP contribution in [0.2, 0.25) is 5.02 Å². The van der Waals surface area contributed by atoms with E-state index in [2.05, 4.69) is 16.6 Å². The lowest BCUT2D eigenvalue weighted by molar-refractivity contribution is -0.148. The minimum atomic E-state index is -3.90. The van der Waals surface area contributed by atoms with Crippen LogP contribution < -0.4 is 14.8 Å². The summed E-state index contributed by atoms with van der Waals surface area (Å²) in [6.07, 6.45) is 4.76. The van der Waals surface area contributed by atoms with Crippen molar-refractivity contribution in [1.29, 1.82) is 0 Å². The average Bonchev–Trinajstić information content (AvgIpc) is 4.09. The van der Waals surface area contributed by atoms with E-state index in [1.807, 2.05) is 49.9 Å². The molecule has 2 aliphatic heterocycles. The van der Waals surface area contributed by atoms with Gasteiger partial charge < -0.3 is 24.3 Å². The summed E-state index contributed by atoms with van der Waals surface area (Å²) < 4.78 is 40.7. The van der Waals surface area contributed by atoms with Crippen molar-refractivity contribution in [3.63, 3.8) is 0 Å². The molecule has 4 amide bonds. The predicted octanol–water partition coefficient (Wildman–Crippen LogP) is 5.87. The standard InChI is InChI=1S/C42H48ClN5O8S/c1-5-24-22-42(24,40(52)46-57(53,54)27-14-15-27)45-37(50)32-20-26(23-48(32)39(51)31(41(2,3)4)21-34(49)47-17-9-6-10-18-47)55-38-29-12-8-7-11-28(29)36-35(44-38)30-19-25(43)13-16-33(30)56-36/h5,7-8,11-13,16,19,24,26-27,31-32H,1,6,9-10,14-15,17-18,20-23H2,2-4H3,(H,45,50)(H,46,52). The third kappa shape index (κ3) is 7.46. The first-order valence-electron chi connectivity index (χ1n) is 19.8. The number of aromatic nitrogens is 1. The van der Waals surface area contributed by atoms with Crippen LogP contribution in [0.3, 0.4) is 0 Å². The predicted molar refractivity (Wildman–Crippen MR) is 216 cm³/mol. The molecule has 4 fully saturated rings. The Morgan fingerprint density at radius 2 is 1.79 bits per heavy atom. The molecule has 0 bridgehead atoms. The maximum atomic E-state index is 14.9. The Labute approximate surface area is 336 Å². The number of fused-ring (bicyclic) bond motifs is 5. The number of ether oxygens (including phenoxy) is 1. The zero-order valence-electron chi connectivity index (χ0n) is 32.4. The van der Waals surface area contributed by atoms with Crippen LogP contribution in [0.15, 0.2) is 59.5 Å². The fourth-order valence-electron chi connectivity index (χ4n) is 8.43. The largest absolute Gasteiger partial charge is 0.472 e. The first-order valence-corrected chi connectivity index (χ1v) is 21.7. The lowest BCUT2D eigenvalue weighted by Crippen LogP contribution is -2.57. The quantitative estimate of drug-likeness (QED) is 0.176. The number of sulfonamides is 1. The third-order valence-electron chi connectivity index (χ3n) is 12.0. The van der Waals surface area contributed by atoms with E-state index in [1.165, 1.54) is 11.0 Å². The number of hydrogen-bond donors (Lipinski definition) is 2. The zero-order valence-corrected chi connectivity index (χ0v) is 34.0. The normalized spacial score (nSPS) is 24.4. The SMILES string of the molecule is C=CC1CC1(NC(=O)C1CC(Oc2nc3c4cc(Cl)ccc4oc3c3ccccc23)CN1C(=O)C(CC(=O)N1CCCCC1)C(C)(C)C)C(=O)NS(=O)(=O)C1CC1. The molecule has 4 heterocycles. The Morgan fingerprint density at radius 3 is 2.46 bits per heavy atom. The molecule has 15 heteroatoms. The Hall–Kier alpha value is -4.69. The fourth-order valence-corrected chi connectivity index (χ4v) is 9.97. The number of rotatable bonds is 11. The number of nitrogens with zero attached hydrogens (tertiary/aromatic N) is 3. The average molecular weight is 818 g/mol. The van der Waals surface area contributed by atoms with E-state index in [9.17, 15) is 27.6 Å². The fraction of sp³-hybridized carbons (Fsp3) is 0.500. The molecular formula is C42H48ClN5O8S. The van der Waals surface area contributed by atoms with Gasteiger partial charge in [0, 0.05) is 53.0 Å². The number of nitrogens with one attached hydrogen (secondary N) is 2. The number of hydrogen-bond acceptors (Lipinski definition) is 9. The van der Waals surface area contributed by atoms with Gasteiger partial charge in [0.2, 0.25) is 33.6 Å². The van der Waals surface area contributed by atoms with Crippen molar-refractivity contribution in [3.05, 3.63) is 60.1 Å². The van der Waals surface area contributed by atoms with Gasteiger partial charge in [0.05, 0.1) is 17.7 Å². The number of piperidine rings is 1.